The van der Waals surface area contributed by atoms with E-state index < -0.39 is 22.0 Å². The molecule has 124 valence electrons. The first-order chi connectivity index (χ1) is 10.8. The molecule has 2 rings (SSSR count). The van der Waals surface area contributed by atoms with Crippen molar-refractivity contribution < 1.29 is 17.9 Å². The van der Waals surface area contributed by atoms with E-state index >= 15 is 0 Å². The van der Waals surface area contributed by atoms with Crippen LogP contribution in [0.15, 0.2) is 46.0 Å². The Labute approximate surface area is 139 Å². The molecule has 2 aromatic rings. The van der Waals surface area contributed by atoms with Gasteiger partial charge in [-0.05, 0) is 47.0 Å². The zero-order valence-corrected chi connectivity index (χ0v) is 14.4. The third-order valence-corrected chi connectivity index (χ3v) is 5.03. The van der Waals surface area contributed by atoms with Crippen molar-refractivity contribution >= 4 is 27.3 Å². The third-order valence-electron chi connectivity index (χ3n) is 3.42. The molecular weight excluding hydrogens is 336 g/mol. The third kappa shape index (κ3) is 4.38. The van der Waals surface area contributed by atoms with Gasteiger partial charge < -0.3 is 4.74 Å². The lowest BCUT2D eigenvalue weighted by molar-refractivity contribution is -0.143. The molecule has 3 N–H and O–H groups in total. The first-order valence-electron chi connectivity index (χ1n) is 6.81. The molecule has 2 unspecified atom stereocenters. The lowest BCUT2D eigenvalue weighted by Gasteiger charge is -2.21. The van der Waals surface area contributed by atoms with Crippen LogP contribution in [-0.4, -0.2) is 21.5 Å². The highest BCUT2D eigenvalue weighted by Crippen LogP contribution is 2.23. The summed E-state index contributed by atoms with van der Waals surface area (Å²) in [5, 5.41) is 12.1. The van der Waals surface area contributed by atoms with Crippen molar-refractivity contribution in [3.63, 3.8) is 0 Å². The Morgan fingerprint density at radius 2 is 2.04 bits per heavy atom. The van der Waals surface area contributed by atoms with Gasteiger partial charge in [-0.3, -0.25) is 5.32 Å². The van der Waals surface area contributed by atoms with Crippen molar-refractivity contribution in [2.75, 3.05) is 7.11 Å². The van der Waals surface area contributed by atoms with Crippen LogP contribution in [0.5, 0.6) is 0 Å². The van der Waals surface area contributed by atoms with Crippen LogP contribution >= 0.6 is 11.3 Å². The smallest absolute Gasteiger partial charge is 0.327 e. The second kappa shape index (κ2) is 7.22. The van der Waals surface area contributed by atoms with Crippen molar-refractivity contribution in [3.8, 4) is 0 Å². The van der Waals surface area contributed by atoms with E-state index in [0.717, 1.165) is 5.56 Å². The zero-order valence-electron chi connectivity index (χ0n) is 12.7. The maximum Gasteiger partial charge on any atom is 0.327 e. The molecule has 2 atom stereocenters. The van der Waals surface area contributed by atoms with Crippen LogP contribution in [0, 0.1) is 0 Å². The number of thiophene rings is 1. The number of rotatable bonds is 6. The summed E-state index contributed by atoms with van der Waals surface area (Å²) in [6.45, 7) is 1.84. The number of primary sulfonamides is 1. The summed E-state index contributed by atoms with van der Waals surface area (Å²) in [6, 6.07) is 7.25. The highest BCUT2D eigenvalue weighted by atomic mass is 32.2. The van der Waals surface area contributed by atoms with Crippen LogP contribution < -0.4 is 10.5 Å². The summed E-state index contributed by atoms with van der Waals surface area (Å²) in [6.07, 6.45) is 0. The van der Waals surface area contributed by atoms with Gasteiger partial charge in [0.05, 0.1) is 12.0 Å². The molecule has 23 heavy (non-hydrogen) atoms. The van der Waals surface area contributed by atoms with E-state index in [1.54, 1.807) is 12.1 Å². The van der Waals surface area contributed by atoms with E-state index in [-0.39, 0.29) is 10.9 Å². The van der Waals surface area contributed by atoms with Crippen molar-refractivity contribution in [1.29, 1.82) is 0 Å². The number of nitrogens with two attached hydrogens (primary N) is 1. The monoisotopic (exact) mass is 354 g/mol. The van der Waals surface area contributed by atoms with Gasteiger partial charge in [0.1, 0.15) is 6.04 Å². The molecule has 6 nitrogen and oxygen atoms in total. The van der Waals surface area contributed by atoms with E-state index in [9.17, 15) is 13.2 Å². The Kier molecular flexibility index (Phi) is 5.53. The summed E-state index contributed by atoms with van der Waals surface area (Å²) in [5.41, 5.74) is 1.51. The van der Waals surface area contributed by atoms with Crippen molar-refractivity contribution in [3.05, 3.63) is 52.2 Å². The summed E-state index contributed by atoms with van der Waals surface area (Å²) in [7, 11) is -2.44. The van der Waals surface area contributed by atoms with E-state index in [2.05, 4.69) is 5.32 Å². The second-order valence-corrected chi connectivity index (χ2v) is 7.36. The average Bonchev–Trinajstić information content (AvgIpc) is 3.05. The highest BCUT2D eigenvalue weighted by Gasteiger charge is 2.24. The lowest BCUT2D eigenvalue weighted by Crippen LogP contribution is -2.31. The first kappa shape index (κ1) is 17.6. The molecule has 8 heteroatoms. The maximum absolute atomic E-state index is 12.0. The molecule has 0 amide bonds. The van der Waals surface area contributed by atoms with Gasteiger partial charge in [-0.2, -0.15) is 11.3 Å². The average molecular weight is 354 g/mol. The molecule has 0 radical (unpaired) electrons. The predicted molar refractivity (Wildman–Crippen MR) is 88.4 cm³/mol. The van der Waals surface area contributed by atoms with E-state index in [1.165, 1.54) is 30.6 Å². The van der Waals surface area contributed by atoms with Gasteiger partial charge in [-0.15, -0.1) is 0 Å². The minimum Gasteiger partial charge on any atom is -0.468 e. The molecule has 0 saturated heterocycles. The van der Waals surface area contributed by atoms with Gasteiger partial charge in [0, 0.05) is 6.04 Å². The van der Waals surface area contributed by atoms with E-state index in [0.29, 0.717) is 5.56 Å². The van der Waals surface area contributed by atoms with Crippen molar-refractivity contribution in [1.82, 2.24) is 5.32 Å². The molecular formula is C15H18N2O4S2. The number of esters is 1. The number of carbonyl (C=O) groups is 1. The van der Waals surface area contributed by atoms with Crippen LogP contribution in [0.4, 0.5) is 0 Å². The van der Waals surface area contributed by atoms with Gasteiger partial charge in [-0.25, -0.2) is 18.4 Å². The molecule has 1 aromatic heterocycles. The summed E-state index contributed by atoms with van der Waals surface area (Å²) in [4.78, 5) is 12.0. The number of nitrogens with one attached hydrogen (secondary N) is 1. The summed E-state index contributed by atoms with van der Waals surface area (Å²) in [5.74, 6) is -0.405. The summed E-state index contributed by atoms with van der Waals surface area (Å²) >= 11 is 1.48. The largest absolute Gasteiger partial charge is 0.468 e. The minimum atomic E-state index is -3.77. The Morgan fingerprint density at radius 1 is 1.30 bits per heavy atom. The van der Waals surface area contributed by atoms with Gasteiger partial charge >= 0.3 is 5.97 Å². The fraction of sp³-hybridized carbons (Fsp3) is 0.267. The van der Waals surface area contributed by atoms with Crippen LogP contribution in [-0.2, 0) is 19.6 Å². The van der Waals surface area contributed by atoms with Crippen LogP contribution in [0.2, 0.25) is 0 Å². The van der Waals surface area contributed by atoms with Crippen molar-refractivity contribution in [2.24, 2.45) is 5.14 Å². The predicted octanol–water partition coefficient (Wildman–Crippen LogP) is 1.96. The van der Waals surface area contributed by atoms with Crippen LogP contribution in [0.25, 0.3) is 0 Å². The Hall–Kier alpha value is -1.74. The molecule has 0 fully saturated rings. The second-order valence-electron chi connectivity index (χ2n) is 5.02. The molecule has 0 bridgehead atoms. The zero-order chi connectivity index (χ0) is 17.0. The van der Waals surface area contributed by atoms with Gasteiger partial charge in [0.2, 0.25) is 10.0 Å². The number of sulfonamides is 1. The topological polar surface area (TPSA) is 98.5 Å². The number of ether oxygens (including phenoxy) is 1. The molecule has 0 spiro atoms. The Balaban J connectivity index is 2.26. The van der Waals surface area contributed by atoms with Crippen LogP contribution in [0.3, 0.4) is 0 Å². The molecule has 0 aliphatic rings. The molecule has 0 aliphatic carbocycles. The van der Waals surface area contributed by atoms with E-state index in [4.69, 9.17) is 9.88 Å². The van der Waals surface area contributed by atoms with Crippen LogP contribution in [0.1, 0.15) is 30.1 Å². The number of hydrogen-bond donors (Lipinski definition) is 2. The minimum absolute atomic E-state index is 0.0359. The number of benzene rings is 1. The maximum atomic E-state index is 12.0. The fourth-order valence-electron chi connectivity index (χ4n) is 2.16. The molecule has 1 heterocycles. The number of hydrogen-bond acceptors (Lipinski definition) is 6. The fourth-order valence-corrected chi connectivity index (χ4v) is 3.42. The summed E-state index contributed by atoms with van der Waals surface area (Å²) < 4.78 is 27.7. The first-order valence-corrected chi connectivity index (χ1v) is 9.30. The lowest BCUT2D eigenvalue weighted by atomic mass is 10.1. The quantitative estimate of drug-likeness (QED) is 0.773. The Bertz CT molecular complexity index is 773. The SMILES string of the molecule is COC(=O)C(NC(C)c1cccc(S(N)(=O)=O)c1)c1ccsc1. The molecule has 1 aromatic carbocycles. The molecule has 0 aliphatic heterocycles. The van der Waals surface area contributed by atoms with Crippen molar-refractivity contribution in [2.45, 2.75) is 23.9 Å². The van der Waals surface area contributed by atoms with Gasteiger partial charge in [0.15, 0.2) is 0 Å². The Morgan fingerprint density at radius 3 is 2.61 bits per heavy atom. The standard InChI is InChI=1S/C15H18N2O4S2/c1-10(11-4-3-5-13(8-11)23(16,19)20)17-14(15(18)21-2)12-6-7-22-9-12/h3-10,14,17H,1-2H3,(H2,16,19,20). The number of methoxy groups -OCH3 is 1. The number of carbonyl (C=O) groups excluding carboxylic acids is 1. The normalized spacial score (nSPS) is 14.2. The van der Waals surface area contributed by atoms with Gasteiger partial charge in [-0.1, -0.05) is 12.1 Å². The van der Waals surface area contributed by atoms with E-state index in [1.807, 2.05) is 23.8 Å². The highest BCUT2D eigenvalue weighted by molar-refractivity contribution is 7.89. The molecule has 0 saturated carbocycles. The van der Waals surface area contributed by atoms with Gasteiger partial charge in [0.25, 0.3) is 0 Å².